The first kappa shape index (κ1) is 25.3. The highest BCUT2D eigenvalue weighted by Gasteiger charge is 2.29. The molecule has 1 atom stereocenters. The molecule has 0 heterocycles. The lowest BCUT2D eigenvalue weighted by Gasteiger charge is -2.31. The SMILES string of the molecule is CCC(C(=O)NC(C)C)N(Cc1ccc(Cl)cc1)C(=O)COc1cc(OC)cc(OC)c1. The van der Waals surface area contributed by atoms with Crippen LogP contribution in [0.4, 0.5) is 0 Å². The first-order valence-electron chi connectivity index (χ1n) is 10.5. The van der Waals surface area contributed by atoms with Crippen molar-refractivity contribution in [2.24, 2.45) is 0 Å². The molecule has 2 aromatic carbocycles. The lowest BCUT2D eigenvalue weighted by molar-refractivity contribution is -0.143. The molecule has 2 aromatic rings. The molecular formula is C24H31ClN2O5. The molecule has 1 unspecified atom stereocenters. The maximum Gasteiger partial charge on any atom is 0.261 e. The Morgan fingerprint density at radius 1 is 1.00 bits per heavy atom. The Morgan fingerprint density at radius 2 is 1.56 bits per heavy atom. The van der Waals surface area contributed by atoms with E-state index in [1.165, 1.54) is 14.2 Å². The molecule has 0 bridgehead atoms. The molecule has 32 heavy (non-hydrogen) atoms. The smallest absolute Gasteiger partial charge is 0.261 e. The second-order valence-corrected chi connectivity index (χ2v) is 8.01. The normalized spacial score (nSPS) is 11.6. The number of ether oxygens (including phenoxy) is 3. The number of benzene rings is 2. The molecule has 2 amide bonds. The monoisotopic (exact) mass is 462 g/mol. The minimum Gasteiger partial charge on any atom is -0.496 e. The van der Waals surface area contributed by atoms with Crippen molar-refractivity contribution in [2.75, 3.05) is 20.8 Å². The molecule has 0 aliphatic heterocycles. The van der Waals surface area contributed by atoms with E-state index < -0.39 is 6.04 Å². The van der Waals surface area contributed by atoms with Crippen molar-refractivity contribution >= 4 is 23.4 Å². The molecule has 1 N–H and O–H groups in total. The van der Waals surface area contributed by atoms with Gasteiger partial charge in [-0.25, -0.2) is 0 Å². The van der Waals surface area contributed by atoms with Gasteiger partial charge < -0.3 is 24.4 Å². The Kier molecular flexibility index (Phi) is 9.65. The van der Waals surface area contributed by atoms with Gasteiger partial charge in [-0.05, 0) is 38.0 Å². The summed E-state index contributed by atoms with van der Waals surface area (Å²) in [5, 5.41) is 3.50. The number of rotatable bonds is 11. The Bertz CT molecular complexity index is 880. The lowest BCUT2D eigenvalue weighted by atomic mass is 10.1. The van der Waals surface area contributed by atoms with Gasteiger partial charge >= 0.3 is 0 Å². The van der Waals surface area contributed by atoms with Gasteiger partial charge in [0.15, 0.2) is 6.61 Å². The third kappa shape index (κ3) is 7.34. The highest BCUT2D eigenvalue weighted by molar-refractivity contribution is 6.30. The van der Waals surface area contributed by atoms with Gasteiger partial charge in [-0.3, -0.25) is 9.59 Å². The summed E-state index contributed by atoms with van der Waals surface area (Å²) in [5.74, 6) is 1.01. The van der Waals surface area contributed by atoms with Crippen molar-refractivity contribution in [1.82, 2.24) is 10.2 Å². The molecule has 0 aromatic heterocycles. The summed E-state index contributed by atoms with van der Waals surface area (Å²) in [5.41, 5.74) is 0.863. The molecular weight excluding hydrogens is 432 g/mol. The number of carbonyl (C=O) groups excluding carboxylic acids is 2. The van der Waals surface area contributed by atoms with Crippen LogP contribution in [-0.4, -0.2) is 49.6 Å². The van der Waals surface area contributed by atoms with Gasteiger partial charge in [-0.15, -0.1) is 0 Å². The van der Waals surface area contributed by atoms with Crippen LogP contribution in [0.15, 0.2) is 42.5 Å². The molecule has 174 valence electrons. The van der Waals surface area contributed by atoms with Gasteiger partial charge in [0.2, 0.25) is 5.91 Å². The number of halogens is 1. The average molecular weight is 463 g/mol. The fourth-order valence-electron chi connectivity index (χ4n) is 3.18. The number of carbonyl (C=O) groups is 2. The van der Waals surface area contributed by atoms with Crippen LogP contribution in [0.5, 0.6) is 17.2 Å². The minimum atomic E-state index is -0.635. The summed E-state index contributed by atoms with van der Waals surface area (Å²) < 4.78 is 16.2. The number of nitrogens with one attached hydrogen (secondary N) is 1. The zero-order chi connectivity index (χ0) is 23.7. The maximum atomic E-state index is 13.2. The van der Waals surface area contributed by atoms with E-state index >= 15 is 0 Å². The van der Waals surface area contributed by atoms with Crippen LogP contribution in [0.1, 0.15) is 32.8 Å². The fourth-order valence-corrected chi connectivity index (χ4v) is 3.31. The van der Waals surface area contributed by atoms with E-state index in [2.05, 4.69) is 5.32 Å². The van der Waals surface area contributed by atoms with Gasteiger partial charge in [0.25, 0.3) is 5.91 Å². The molecule has 0 saturated heterocycles. The topological polar surface area (TPSA) is 77.1 Å². The zero-order valence-corrected chi connectivity index (χ0v) is 19.9. The summed E-state index contributed by atoms with van der Waals surface area (Å²) in [6, 6.07) is 11.6. The van der Waals surface area contributed by atoms with Gasteiger partial charge in [0.05, 0.1) is 14.2 Å². The second-order valence-electron chi connectivity index (χ2n) is 7.57. The molecule has 0 spiro atoms. The maximum absolute atomic E-state index is 13.2. The van der Waals surface area contributed by atoms with Crippen LogP contribution in [0.25, 0.3) is 0 Å². The Morgan fingerprint density at radius 3 is 2.06 bits per heavy atom. The van der Waals surface area contributed by atoms with Gasteiger partial charge in [-0.2, -0.15) is 0 Å². The molecule has 0 fully saturated rings. The zero-order valence-electron chi connectivity index (χ0n) is 19.2. The third-order valence-corrected chi connectivity index (χ3v) is 5.02. The standard InChI is InChI=1S/C24H31ClN2O5/c1-6-22(24(29)26-16(2)3)27(14-17-7-9-18(25)10-8-17)23(28)15-32-21-12-19(30-4)11-20(13-21)31-5/h7-13,16,22H,6,14-15H2,1-5H3,(H,26,29). The number of hydrogen-bond acceptors (Lipinski definition) is 5. The Hall–Kier alpha value is -2.93. The summed E-state index contributed by atoms with van der Waals surface area (Å²) in [6.07, 6.45) is 0.463. The van der Waals surface area contributed by atoms with Crippen LogP contribution in [-0.2, 0) is 16.1 Å². The van der Waals surface area contributed by atoms with Crippen molar-refractivity contribution < 1.29 is 23.8 Å². The summed E-state index contributed by atoms with van der Waals surface area (Å²) in [6.45, 7) is 5.66. The quantitative estimate of drug-likeness (QED) is 0.544. The van der Waals surface area contributed by atoms with Crippen molar-refractivity contribution in [3.05, 3.63) is 53.1 Å². The summed E-state index contributed by atoms with van der Waals surface area (Å²) in [4.78, 5) is 27.6. The Labute approximate surface area is 194 Å². The third-order valence-electron chi connectivity index (χ3n) is 4.77. The predicted molar refractivity (Wildman–Crippen MR) is 124 cm³/mol. The second kappa shape index (κ2) is 12.2. The largest absolute Gasteiger partial charge is 0.496 e. The van der Waals surface area contributed by atoms with Crippen molar-refractivity contribution in [2.45, 2.75) is 45.8 Å². The van der Waals surface area contributed by atoms with Gasteiger partial charge in [0.1, 0.15) is 23.3 Å². The van der Waals surface area contributed by atoms with Crippen molar-refractivity contribution in [1.29, 1.82) is 0 Å². The van der Waals surface area contributed by atoms with E-state index in [-0.39, 0.29) is 31.0 Å². The molecule has 7 nitrogen and oxygen atoms in total. The van der Waals surface area contributed by atoms with Crippen LogP contribution < -0.4 is 19.5 Å². The molecule has 2 rings (SSSR count). The van der Waals surface area contributed by atoms with E-state index in [9.17, 15) is 9.59 Å². The highest BCUT2D eigenvalue weighted by atomic mass is 35.5. The first-order valence-corrected chi connectivity index (χ1v) is 10.8. The highest BCUT2D eigenvalue weighted by Crippen LogP contribution is 2.27. The van der Waals surface area contributed by atoms with Gasteiger partial charge in [-0.1, -0.05) is 30.7 Å². The molecule has 0 radical (unpaired) electrons. The van der Waals surface area contributed by atoms with E-state index in [4.69, 9.17) is 25.8 Å². The average Bonchev–Trinajstić information content (AvgIpc) is 2.77. The van der Waals surface area contributed by atoms with Crippen LogP contribution >= 0.6 is 11.6 Å². The number of amides is 2. The number of nitrogens with zero attached hydrogens (tertiary/aromatic N) is 1. The predicted octanol–water partition coefficient (Wildman–Crippen LogP) is 4.07. The van der Waals surface area contributed by atoms with Crippen LogP contribution in [0.2, 0.25) is 5.02 Å². The molecule has 0 saturated carbocycles. The van der Waals surface area contributed by atoms with Crippen LogP contribution in [0, 0.1) is 0 Å². The van der Waals surface area contributed by atoms with Crippen molar-refractivity contribution in [3.8, 4) is 17.2 Å². The molecule has 0 aliphatic rings. The van der Waals surface area contributed by atoms with Crippen LogP contribution in [0.3, 0.4) is 0 Å². The fraction of sp³-hybridized carbons (Fsp3) is 0.417. The van der Waals surface area contributed by atoms with E-state index in [1.54, 1.807) is 35.2 Å². The number of hydrogen-bond donors (Lipinski definition) is 1. The summed E-state index contributed by atoms with van der Waals surface area (Å²) in [7, 11) is 3.08. The number of methoxy groups -OCH3 is 2. The Balaban J connectivity index is 2.24. The first-order chi connectivity index (χ1) is 15.3. The summed E-state index contributed by atoms with van der Waals surface area (Å²) >= 11 is 5.99. The minimum absolute atomic E-state index is 0.0375. The van der Waals surface area contributed by atoms with E-state index in [0.717, 1.165) is 5.56 Å². The molecule has 0 aliphatic carbocycles. The van der Waals surface area contributed by atoms with Gasteiger partial charge in [0, 0.05) is 35.8 Å². The van der Waals surface area contributed by atoms with E-state index in [0.29, 0.717) is 28.7 Å². The lowest BCUT2D eigenvalue weighted by Crippen LogP contribution is -2.51. The molecule has 8 heteroatoms. The van der Waals surface area contributed by atoms with Crippen molar-refractivity contribution in [3.63, 3.8) is 0 Å². The van der Waals surface area contributed by atoms with E-state index in [1.807, 2.05) is 32.9 Å².